The highest BCUT2D eigenvalue weighted by Gasteiger charge is 2.23. The van der Waals surface area contributed by atoms with Crippen LogP contribution in [0.15, 0.2) is 5.10 Å². The third kappa shape index (κ3) is 8.93. The monoisotopic (exact) mass is 416 g/mol. The fourth-order valence-electron chi connectivity index (χ4n) is 1.74. The topological polar surface area (TPSA) is 99.9 Å². The lowest BCUT2D eigenvalue weighted by Gasteiger charge is -2.26. The fraction of sp³-hybridized carbons (Fsp3) is 0.737. The van der Waals surface area contributed by atoms with Crippen LogP contribution in [0, 0.1) is 0 Å². The molecule has 1 aromatic rings. The number of halogens is 1. The molecule has 4 N–H and O–H groups in total. The third-order valence-electron chi connectivity index (χ3n) is 3.39. The van der Waals surface area contributed by atoms with Crippen LogP contribution in [-0.2, 0) is 5.41 Å². The first-order chi connectivity index (χ1) is 13.0. The van der Waals surface area contributed by atoms with Gasteiger partial charge < -0.3 is 10.6 Å². The molecule has 0 amide bonds. The Kier molecular flexibility index (Phi) is 13.6. The predicted octanol–water partition coefficient (Wildman–Crippen LogP) is 3.57. The van der Waals surface area contributed by atoms with Crippen molar-refractivity contribution < 1.29 is 0 Å². The second-order valence-electron chi connectivity index (χ2n) is 6.84. The van der Waals surface area contributed by atoms with Crippen LogP contribution in [0.4, 0.5) is 11.5 Å². The first kappa shape index (κ1) is 28.4. The molecular formula is C19H41ClN8. The Morgan fingerprint density at radius 1 is 1.07 bits per heavy atom. The molecule has 0 saturated heterocycles. The van der Waals surface area contributed by atoms with Crippen molar-refractivity contribution in [3.05, 3.63) is 11.0 Å². The smallest absolute Gasteiger partial charge is 0.171 e. The zero-order chi connectivity index (χ0) is 22.7. The van der Waals surface area contributed by atoms with Gasteiger partial charge in [0.15, 0.2) is 11.0 Å². The number of likely N-dealkylation sites (N-methyl/N-ethyl adjacent to an activating group) is 1. The molecule has 0 aromatic carbocycles. The van der Waals surface area contributed by atoms with E-state index in [1.54, 1.807) is 0 Å². The number of nitrogens with zero attached hydrogens (tertiary/aromatic N) is 6. The molecule has 1 aromatic heterocycles. The Bertz CT molecular complexity index is 596. The summed E-state index contributed by atoms with van der Waals surface area (Å²) < 4.78 is 0. The van der Waals surface area contributed by atoms with Crippen LogP contribution in [-0.4, -0.2) is 59.9 Å². The van der Waals surface area contributed by atoms with E-state index in [0.29, 0.717) is 18.2 Å². The minimum absolute atomic E-state index is 0.203. The standard InChI is InChI=1S/C15H29ClN8.2C2H6/c1-8-23(7)21-10(22(5)6)9-24(18)13-11(17)12(16)19-14(20-13)15(2,3)4;2*1-2/h8-9,17-18H2,1-7H3;2*1-2H3/b21-10-;;. The zero-order valence-electron chi connectivity index (χ0n) is 19.6. The lowest BCUT2D eigenvalue weighted by molar-refractivity contribution is 0.365. The Labute approximate surface area is 176 Å². The molecule has 8 nitrogen and oxygen atoms in total. The van der Waals surface area contributed by atoms with E-state index in [2.05, 4.69) is 15.1 Å². The summed E-state index contributed by atoms with van der Waals surface area (Å²) in [7, 11) is 5.72. The molecule has 0 spiro atoms. The van der Waals surface area contributed by atoms with E-state index in [9.17, 15) is 0 Å². The summed E-state index contributed by atoms with van der Waals surface area (Å²) in [5.41, 5.74) is 6.02. The zero-order valence-corrected chi connectivity index (χ0v) is 20.4. The van der Waals surface area contributed by atoms with Crippen LogP contribution in [0.3, 0.4) is 0 Å². The molecule has 1 rings (SSSR count). The summed E-state index contributed by atoms with van der Waals surface area (Å²) in [5.74, 6) is 7.96. The van der Waals surface area contributed by atoms with Crippen molar-refractivity contribution in [2.24, 2.45) is 10.9 Å². The molecule has 0 radical (unpaired) electrons. The van der Waals surface area contributed by atoms with E-state index in [1.807, 2.05) is 86.4 Å². The molecule has 1 heterocycles. The van der Waals surface area contributed by atoms with Crippen molar-refractivity contribution in [2.45, 2.75) is 60.8 Å². The average Bonchev–Trinajstić information content (AvgIpc) is 2.65. The van der Waals surface area contributed by atoms with Crippen LogP contribution in [0.1, 0.15) is 61.2 Å². The lowest BCUT2D eigenvalue weighted by Crippen LogP contribution is -2.43. The highest BCUT2D eigenvalue weighted by molar-refractivity contribution is 6.32. The van der Waals surface area contributed by atoms with Crippen molar-refractivity contribution in [3.63, 3.8) is 0 Å². The number of hydrazone groups is 1. The van der Waals surface area contributed by atoms with Gasteiger partial charge in [-0.2, -0.15) is 5.10 Å². The number of amidine groups is 1. The summed E-state index contributed by atoms with van der Waals surface area (Å²) in [6.45, 7) is 17.2. The van der Waals surface area contributed by atoms with Gasteiger partial charge in [-0.3, -0.25) is 10.0 Å². The van der Waals surface area contributed by atoms with Crippen molar-refractivity contribution in [3.8, 4) is 0 Å². The van der Waals surface area contributed by atoms with E-state index >= 15 is 0 Å². The summed E-state index contributed by atoms with van der Waals surface area (Å²) in [4.78, 5) is 10.7. The SMILES string of the molecule is CC.CC.CCN(C)/N=C(/CN(N)c1nc(C(C)(C)C)nc(Cl)c1N)N(C)C. The van der Waals surface area contributed by atoms with Crippen molar-refractivity contribution >= 4 is 28.9 Å². The maximum atomic E-state index is 6.21. The summed E-state index contributed by atoms with van der Waals surface area (Å²) in [6.07, 6.45) is 0. The number of nitrogen functional groups attached to an aromatic ring is 1. The van der Waals surface area contributed by atoms with Crippen LogP contribution >= 0.6 is 11.6 Å². The Balaban J connectivity index is 0. The number of nitrogens with two attached hydrogens (primary N) is 2. The molecule has 0 aliphatic heterocycles. The van der Waals surface area contributed by atoms with Gasteiger partial charge in [-0.1, -0.05) is 60.1 Å². The van der Waals surface area contributed by atoms with Gasteiger partial charge in [0, 0.05) is 33.1 Å². The normalized spacial score (nSPS) is 11.0. The molecule has 164 valence electrons. The minimum Gasteiger partial charge on any atom is -0.393 e. The summed E-state index contributed by atoms with van der Waals surface area (Å²) in [5, 5.41) is 8.00. The van der Waals surface area contributed by atoms with Gasteiger partial charge >= 0.3 is 0 Å². The number of hydrogen-bond donors (Lipinski definition) is 2. The number of anilines is 2. The molecular weight excluding hydrogens is 376 g/mol. The van der Waals surface area contributed by atoms with Gasteiger partial charge in [0.25, 0.3) is 0 Å². The highest BCUT2D eigenvalue weighted by atomic mass is 35.5. The second-order valence-corrected chi connectivity index (χ2v) is 7.20. The Hall–Kier alpha value is -1.80. The number of hydrogen-bond acceptors (Lipinski definition) is 7. The van der Waals surface area contributed by atoms with Crippen LogP contribution in [0.5, 0.6) is 0 Å². The Morgan fingerprint density at radius 3 is 1.96 bits per heavy atom. The largest absolute Gasteiger partial charge is 0.393 e. The van der Waals surface area contributed by atoms with Gasteiger partial charge in [0.05, 0.1) is 6.54 Å². The molecule has 0 saturated carbocycles. The second kappa shape index (κ2) is 13.4. The lowest BCUT2D eigenvalue weighted by atomic mass is 9.96. The maximum Gasteiger partial charge on any atom is 0.171 e. The van der Waals surface area contributed by atoms with E-state index < -0.39 is 0 Å². The first-order valence-corrected chi connectivity index (χ1v) is 10.2. The van der Waals surface area contributed by atoms with Gasteiger partial charge in [0.1, 0.15) is 17.3 Å². The Morgan fingerprint density at radius 2 is 1.57 bits per heavy atom. The van der Waals surface area contributed by atoms with Crippen molar-refractivity contribution in [1.29, 1.82) is 0 Å². The van der Waals surface area contributed by atoms with E-state index in [4.69, 9.17) is 23.2 Å². The van der Waals surface area contributed by atoms with Gasteiger partial charge in [-0.15, -0.1) is 0 Å². The number of hydrazine groups is 1. The quantitative estimate of drug-likeness (QED) is 0.249. The van der Waals surface area contributed by atoms with Crippen molar-refractivity contribution in [1.82, 2.24) is 19.9 Å². The first-order valence-electron chi connectivity index (χ1n) is 9.79. The third-order valence-corrected chi connectivity index (χ3v) is 3.68. The van der Waals surface area contributed by atoms with Crippen LogP contribution < -0.4 is 16.6 Å². The van der Waals surface area contributed by atoms with Crippen LogP contribution in [0.2, 0.25) is 5.15 Å². The number of rotatable bonds is 5. The molecule has 0 aliphatic carbocycles. The molecule has 0 unspecified atom stereocenters. The number of aromatic nitrogens is 2. The van der Waals surface area contributed by atoms with Gasteiger partial charge in [-0.25, -0.2) is 15.8 Å². The molecule has 0 aliphatic rings. The molecule has 0 atom stereocenters. The van der Waals surface area contributed by atoms with Gasteiger partial charge in [0.2, 0.25) is 0 Å². The van der Waals surface area contributed by atoms with Crippen LogP contribution in [0.25, 0.3) is 0 Å². The van der Waals surface area contributed by atoms with Gasteiger partial charge in [-0.05, 0) is 6.92 Å². The minimum atomic E-state index is -0.270. The predicted molar refractivity (Wildman–Crippen MR) is 124 cm³/mol. The van der Waals surface area contributed by atoms with E-state index in [-0.39, 0.29) is 16.3 Å². The van der Waals surface area contributed by atoms with E-state index in [0.717, 1.165) is 12.4 Å². The molecule has 0 bridgehead atoms. The maximum absolute atomic E-state index is 6.21. The molecule has 0 fully saturated rings. The summed E-state index contributed by atoms with van der Waals surface area (Å²) >= 11 is 6.17. The molecule has 9 heteroatoms. The fourth-order valence-corrected chi connectivity index (χ4v) is 1.91. The highest BCUT2D eigenvalue weighted by Crippen LogP contribution is 2.29. The molecule has 28 heavy (non-hydrogen) atoms. The summed E-state index contributed by atoms with van der Waals surface area (Å²) in [6, 6.07) is 0. The average molecular weight is 417 g/mol. The van der Waals surface area contributed by atoms with Crippen molar-refractivity contribution in [2.75, 3.05) is 45.0 Å². The van der Waals surface area contributed by atoms with E-state index in [1.165, 1.54) is 5.01 Å².